The number of aromatic nitrogens is 2. The first-order valence-electron chi connectivity index (χ1n) is 9.24. The van der Waals surface area contributed by atoms with Crippen LogP contribution in [0.4, 0.5) is 10.1 Å². The Morgan fingerprint density at radius 1 is 1.24 bits per heavy atom. The maximum Gasteiger partial charge on any atom is 0.338 e. The lowest BCUT2D eigenvalue weighted by Crippen LogP contribution is -2.30. The standard InChI is InChI=1S/C21H18FN3O4/c1-12(19(26)24-16-6-3-2-5-15(16)22)29-21(28)13-8-9-14-17(11-13)23-18-7-4-10-25(18)20(14)27/h2-3,5-6,8-9,11-12H,4,7,10H2,1H3,(H,24,26). The number of anilines is 1. The third kappa shape index (κ3) is 3.61. The fourth-order valence-corrected chi connectivity index (χ4v) is 3.29. The maximum atomic E-state index is 13.7. The van der Waals surface area contributed by atoms with E-state index in [1.54, 1.807) is 10.6 Å². The number of carbonyl (C=O) groups is 2. The lowest BCUT2D eigenvalue weighted by Gasteiger charge is -2.14. The number of halogens is 1. The number of benzene rings is 2. The van der Waals surface area contributed by atoms with Gasteiger partial charge in [0.2, 0.25) is 0 Å². The molecule has 29 heavy (non-hydrogen) atoms. The number of hydrogen-bond donors (Lipinski definition) is 1. The van der Waals surface area contributed by atoms with E-state index in [9.17, 15) is 18.8 Å². The lowest BCUT2D eigenvalue weighted by molar-refractivity contribution is -0.123. The van der Waals surface area contributed by atoms with Gasteiger partial charge < -0.3 is 10.1 Å². The molecule has 0 aliphatic carbocycles. The number of para-hydroxylation sites is 1. The third-order valence-electron chi connectivity index (χ3n) is 4.84. The summed E-state index contributed by atoms with van der Waals surface area (Å²) in [5.41, 5.74) is 0.476. The van der Waals surface area contributed by atoms with E-state index in [4.69, 9.17) is 4.74 Å². The largest absolute Gasteiger partial charge is 0.449 e. The van der Waals surface area contributed by atoms with E-state index in [2.05, 4.69) is 10.3 Å². The quantitative estimate of drug-likeness (QED) is 0.686. The predicted octanol–water partition coefficient (Wildman–Crippen LogP) is 2.67. The summed E-state index contributed by atoms with van der Waals surface area (Å²) in [7, 11) is 0. The zero-order valence-corrected chi connectivity index (χ0v) is 15.6. The molecule has 1 unspecified atom stereocenters. The van der Waals surface area contributed by atoms with Crippen LogP contribution in [0, 0.1) is 5.82 Å². The van der Waals surface area contributed by atoms with Gasteiger partial charge >= 0.3 is 5.97 Å². The Labute approximate surface area is 165 Å². The SMILES string of the molecule is CC(OC(=O)c1ccc2c(=O)n3c(nc2c1)CCC3)C(=O)Nc1ccccc1F. The topological polar surface area (TPSA) is 90.3 Å². The molecule has 1 amide bonds. The number of nitrogens with one attached hydrogen (secondary N) is 1. The number of nitrogens with zero attached hydrogens (tertiary/aromatic N) is 2. The first-order chi connectivity index (χ1) is 13.9. The van der Waals surface area contributed by atoms with Crippen molar-refractivity contribution in [1.29, 1.82) is 0 Å². The van der Waals surface area contributed by atoms with Gasteiger partial charge in [-0.05, 0) is 43.7 Å². The van der Waals surface area contributed by atoms with Crippen LogP contribution in [0.25, 0.3) is 10.9 Å². The van der Waals surface area contributed by atoms with Crippen LogP contribution < -0.4 is 10.9 Å². The van der Waals surface area contributed by atoms with Crippen molar-refractivity contribution in [2.45, 2.75) is 32.4 Å². The summed E-state index contributed by atoms with van der Waals surface area (Å²) in [6.45, 7) is 2.04. The van der Waals surface area contributed by atoms with E-state index in [1.807, 2.05) is 0 Å². The molecular weight excluding hydrogens is 377 g/mol. The Bertz CT molecular complexity index is 1190. The van der Waals surface area contributed by atoms with E-state index in [0.29, 0.717) is 29.7 Å². The second-order valence-corrected chi connectivity index (χ2v) is 6.84. The van der Waals surface area contributed by atoms with Crippen LogP contribution in [0.15, 0.2) is 47.3 Å². The number of amides is 1. The molecule has 0 saturated carbocycles. The van der Waals surface area contributed by atoms with Crippen molar-refractivity contribution >= 4 is 28.5 Å². The minimum atomic E-state index is -1.14. The van der Waals surface area contributed by atoms with Gasteiger partial charge in [-0.15, -0.1) is 0 Å². The average molecular weight is 395 g/mol. The zero-order chi connectivity index (χ0) is 20.5. The fraction of sp³-hybridized carbons (Fsp3) is 0.238. The van der Waals surface area contributed by atoms with Crippen molar-refractivity contribution in [3.8, 4) is 0 Å². The van der Waals surface area contributed by atoms with E-state index in [-0.39, 0.29) is 16.8 Å². The van der Waals surface area contributed by atoms with Crippen molar-refractivity contribution in [2.75, 3.05) is 5.32 Å². The van der Waals surface area contributed by atoms with Gasteiger partial charge in [0.25, 0.3) is 11.5 Å². The molecule has 1 aliphatic heterocycles. The van der Waals surface area contributed by atoms with Crippen LogP contribution >= 0.6 is 0 Å². The molecule has 1 N–H and O–H groups in total. The molecule has 2 aromatic carbocycles. The number of ether oxygens (including phenoxy) is 1. The van der Waals surface area contributed by atoms with Crippen LogP contribution in [0.5, 0.6) is 0 Å². The van der Waals surface area contributed by atoms with Crippen LogP contribution in [0.1, 0.15) is 29.5 Å². The van der Waals surface area contributed by atoms with Gasteiger partial charge in [-0.1, -0.05) is 12.1 Å². The van der Waals surface area contributed by atoms with Gasteiger partial charge in [-0.25, -0.2) is 14.2 Å². The minimum Gasteiger partial charge on any atom is -0.449 e. The Balaban J connectivity index is 1.51. The number of rotatable bonds is 4. The van der Waals surface area contributed by atoms with Gasteiger partial charge in [0, 0.05) is 13.0 Å². The maximum absolute atomic E-state index is 13.7. The highest BCUT2D eigenvalue weighted by atomic mass is 19.1. The van der Waals surface area contributed by atoms with Gasteiger partial charge in [0.15, 0.2) is 6.10 Å². The molecule has 0 fully saturated rings. The summed E-state index contributed by atoms with van der Waals surface area (Å²) in [5, 5.41) is 2.81. The fourth-order valence-electron chi connectivity index (χ4n) is 3.29. The molecule has 1 atom stereocenters. The zero-order valence-electron chi connectivity index (χ0n) is 15.6. The van der Waals surface area contributed by atoms with Gasteiger partial charge in [0.1, 0.15) is 11.6 Å². The molecule has 4 rings (SSSR count). The van der Waals surface area contributed by atoms with E-state index < -0.39 is 23.8 Å². The summed E-state index contributed by atoms with van der Waals surface area (Å²) < 4.78 is 20.5. The highest BCUT2D eigenvalue weighted by Crippen LogP contribution is 2.18. The molecule has 0 spiro atoms. The normalized spacial score (nSPS) is 13.7. The van der Waals surface area contributed by atoms with Crippen LogP contribution in [-0.2, 0) is 22.5 Å². The number of aryl methyl sites for hydroxylation is 1. The van der Waals surface area contributed by atoms with Crippen molar-refractivity contribution in [3.05, 3.63) is 70.0 Å². The van der Waals surface area contributed by atoms with Gasteiger partial charge in [-0.3, -0.25) is 14.2 Å². The Kier molecular flexibility index (Phi) is 4.84. The van der Waals surface area contributed by atoms with Gasteiger partial charge in [0.05, 0.1) is 22.2 Å². The molecular formula is C21H18FN3O4. The molecule has 3 aromatic rings. The summed E-state index contributed by atoms with van der Waals surface area (Å²) >= 11 is 0. The predicted molar refractivity (Wildman–Crippen MR) is 104 cm³/mol. The van der Waals surface area contributed by atoms with Crippen LogP contribution in [-0.4, -0.2) is 27.5 Å². The number of hydrogen-bond acceptors (Lipinski definition) is 5. The van der Waals surface area contributed by atoms with Crippen molar-refractivity contribution in [2.24, 2.45) is 0 Å². The summed E-state index contributed by atoms with van der Waals surface area (Å²) in [6.07, 6.45) is 0.436. The van der Waals surface area contributed by atoms with E-state index in [1.165, 1.54) is 43.3 Å². The number of fused-ring (bicyclic) bond motifs is 2. The monoisotopic (exact) mass is 395 g/mol. The molecule has 1 aromatic heterocycles. The lowest BCUT2D eigenvalue weighted by atomic mass is 10.1. The molecule has 8 heteroatoms. The highest BCUT2D eigenvalue weighted by Gasteiger charge is 2.21. The Morgan fingerprint density at radius 2 is 2.03 bits per heavy atom. The second-order valence-electron chi connectivity index (χ2n) is 6.84. The Hall–Kier alpha value is -3.55. The number of esters is 1. The first kappa shape index (κ1) is 18.8. The van der Waals surface area contributed by atoms with Crippen molar-refractivity contribution in [3.63, 3.8) is 0 Å². The molecule has 0 bridgehead atoms. The molecule has 148 valence electrons. The average Bonchev–Trinajstić information content (AvgIpc) is 3.18. The molecule has 7 nitrogen and oxygen atoms in total. The molecule has 1 aliphatic rings. The summed E-state index contributed by atoms with van der Waals surface area (Å²) in [4.78, 5) is 41.6. The van der Waals surface area contributed by atoms with Crippen molar-refractivity contribution < 1.29 is 18.7 Å². The van der Waals surface area contributed by atoms with Crippen molar-refractivity contribution in [1.82, 2.24) is 9.55 Å². The smallest absolute Gasteiger partial charge is 0.338 e. The third-order valence-corrected chi connectivity index (χ3v) is 4.84. The Morgan fingerprint density at radius 3 is 2.83 bits per heavy atom. The minimum absolute atomic E-state index is 0.00429. The molecule has 2 heterocycles. The van der Waals surface area contributed by atoms with Gasteiger partial charge in [-0.2, -0.15) is 0 Å². The first-order valence-corrected chi connectivity index (χ1v) is 9.24. The molecule has 0 radical (unpaired) electrons. The highest BCUT2D eigenvalue weighted by molar-refractivity contribution is 5.98. The second kappa shape index (κ2) is 7.46. The van der Waals surface area contributed by atoms with E-state index >= 15 is 0 Å². The van der Waals surface area contributed by atoms with E-state index in [0.717, 1.165) is 6.42 Å². The summed E-state index contributed by atoms with van der Waals surface area (Å²) in [6, 6.07) is 10.2. The number of carbonyl (C=O) groups excluding carboxylic acids is 2. The van der Waals surface area contributed by atoms with Crippen LogP contribution in [0.2, 0.25) is 0 Å². The molecule has 0 saturated heterocycles. The summed E-state index contributed by atoms with van der Waals surface area (Å²) in [5.74, 6) is -1.27. The van der Waals surface area contributed by atoms with Crippen LogP contribution in [0.3, 0.4) is 0 Å².